The highest BCUT2D eigenvalue weighted by atomic mass is 79.9. The van der Waals surface area contributed by atoms with Crippen LogP contribution in [0.2, 0.25) is 0 Å². The van der Waals surface area contributed by atoms with E-state index in [2.05, 4.69) is 57.2 Å². The summed E-state index contributed by atoms with van der Waals surface area (Å²) in [5.41, 5.74) is 4.10. The third kappa shape index (κ3) is 2.47. The van der Waals surface area contributed by atoms with Gasteiger partial charge in [0, 0.05) is 37.6 Å². The topological polar surface area (TPSA) is 48.0 Å². The molecule has 0 bridgehead atoms. The first-order chi connectivity index (χ1) is 9.52. The highest BCUT2D eigenvalue weighted by Crippen LogP contribution is 2.19. The van der Waals surface area contributed by atoms with Crippen LogP contribution in [0.1, 0.15) is 36.7 Å². The number of rotatable bonds is 3. The lowest BCUT2D eigenvalue weighted by atomic mass is 10.1. The lowest BCUT2D eigenvalue weighted by Gasteiger charge is -2.03. The highest BCUT2D eigenvalue weighted by molar-refractivity contribution is 9.10. The number of imidazole rings is 1. The minimum absolute atomic E-state index is 0.415. The Morgan fingerprint density at radius 3 is 2.70 bits per heavy atom. The monoisotopic (exact) mass is 333 g/mol. The summed E-state index contributed by atoms with van der Waals surface area (Å²) in [5, 5.41) is 4.28. The van der Waals surface area contributed by atoms with Crippen LogP contribution in [-0.4, -0.2) is 24.1 Å². The molecule has 20 heavy (non-hydrogen) atoms. The van der Waals surface area contributed by atoms with Crippen molar-refractivity contribution >= 4 is 21.6 Å². The average molecular weight is 334 g/mol. The van der Waals surface area contributed by atoms with Crippen LogP contribution in [0.4, 0.5) is 0 Å². The molecule has 0 aliphatic carbocycles. The highest BCUT2D eigenvalue weighted by Gasteiger charge is 2.10. The average Bonchev–Trinajstić information content (AvgIpc) is 2.91. The van der Waals surface area contributed by atoms with Crippen molar-refractivity contribution in [1.29, 1.82) is 0 Å². The number of aryl methyl sites for hydroxylation is 1. The van der Waals surface area contributed by atoms with Gasteiger partial charge in [0.2, 0.25) is 0 Å². The van der Waals surface area contributed by atoms with E-state index in [1.54, 1.807) is 4.68 Å². The SMILES string of the molecule is CC(C)c1cn2cc(Cc3cn(C)nc3Br)nc2cn1. The van der Waals surface area contributed by atoms with Gasteiger partial charge in [-0.1, -0.05) is 13.8 Å². The van der Waals surface area contributed by atoms with Crippen LogP contribution in [0.25, 0.3) is 5.65 Å². The lowest BCUT2D eigenvalue weighted by Crippen LogP contribution is -1.95. The van der Waals surface area contributed by atoms with Gasteiger partial charge < -0.3 is 4.40 Å². The number of halogens is 1. The smallest absolute Gasteiger partial charge is 0.155 e. The second kappa shape index (κ2) is 5.01. The maximum absolute atomic E-state index is 4.60. The zero-order valence-electron chi connectivity index (χ0n) is 11.7. The van der Waals surface area contributed by atoms with Crippen molar-refractivity contribution in [3.8, 4) is 0 Å². The van der Waals surface area contributed by atoms with E-state index in [-0.39, 0.29) is 0 Å². The third-order valence-corrected chi connectivity index (χ3v) is 3.90. The van der Waals surface area contributed by atoms with Crippen LogP contribution in [0.5, 0.6) is 0 Å². The Morgan fingerprint density at radius 2 is 2.05 bits per heavy atom. The number of aromatic nitrogens is 5. The standard InChI is InChI=1S/C14H16BrN5/c1-9(2)12-8-20-7-11(17-13(20)5-16-12)4-10-6-19(3)18-14(10)15/h5-9H,4H2,1-3H3. The zero-order chi connectivity index (χ0) is 14.3. The fourth-order valence-corrected chi connectivity index (χ4v) is 2.67. The van der Waals surface area contributed by atoms with Crippen LogP contribution in [0.15, 0.2) is 29.4 Å². The molecule has 0 aromatic carbocycles. The number of hydrogen-bond acceptors (Lipinski definition) is 3. The second-order valence-corrected chi connectivity index (χ2v) is 6.01. The van der Waals surface area contributed by atoms with E-state index in [1.807, 2.05) is 23.8 Å². The molecule has 0 radical (unpaired) electrons. The maximum atomic E-state index is 4.60. The van der Waals surface area contributed by atoms with E-state index >= 15 is 0 Å². The van der Waals surface area contributed by atoms with Crippen molar-refractivity contribution in [1.82, 2.24) is 24.1 Å². The number of nitrogens with zero attached hydrogens (tertiary/aromatic N) is 5. The minimum atomic E-state index is 0.415. The molecule has 0 unspecified atom stereocenters. The van der Waals surface area contributed by atoms with Crippen molar-refractivity contribution in [2.75, 3.05) is 0 Å². The van der Waals surface area contributed by atoms with Crippen LogP contribution < -0.4 is 0 Å². The molecule has 0 aliphatic heterocycles. The molecule has 0 amide bonds. The van der Waals surface area contributed by atoms with Crippen molar-refractivity contribution in [2.45, 2.75) is 26.2 Å². The number of fused-ring (bicyclic) bond motifs is 1. The molecule has 104 valence electrons. The van der Waals surface area contributed by atoms with Gasteiger partial charge in [-0.05, 0) is 21.8 Å². The Balaban J connectivity index is 1.94. The summed E-state index contributed by atoms with van der Waals surface area (Å²) in [6.45, 7) is 4.28. The third-order valence-electron chi connectivity index (χ3n) is 3.23. The fourth-order valence-electron chi connectivity index (χ4n) is 2.17. The van der Waals surface area contributed by atoms with Gasteiger partial charge in [-0.15, -0.1) is 0 Å². The molecule has 0 fully saturated rings. The van der Waals surface area contributed by atoms with Gasteiger partial charge in [0.15, 0.2) is 5.65 Å². The van der Waals surface area contributed by atoms with E-state index in [9.17, 15) is 0 Å². The molecule has 0 N–H and O–H groups in total. The summed E-state index contributed by atoms with van der Waals surface area (Å²) in [4.78, 5) is 9.04. The van der Waals surface area contributed by atoms with Gasteiger partial charge in [-0.25, -0.2) is 4.98 Å². The molecule has 3 heterocycles. The Labute approximate surface area is 125 Å². The lowest BCUT2D eigenvalue weighted by molar-refractivity contribution is 0.760. The van der Waals surface area contributed by atoms with Gasteiger partial charge >= 0.3 is 0 Å². The quantitative estimate of drug-likeness (QED) is 0.740. The molecule has 3 aromatic heterocycles. The van der Waals surface area contributed by atoms with Gasteiger partial charge in [0.25, 0.3) is 0 Å². The Bertz CT molecular complexity index is 756. The summed E-state index contributed by atoms with van der Waals surface area (Å²) in [6, 6.07) is 0. The minimum Gasteiger partial charge on any atom is -0.304 e. The van der Waals surface area contributed by atoms with Crippen molar-refractivity contribution in [3.63, 3.8) is 0 Å². The Kier molecular flexibility index (Phi) is 3.33. The molecule has 3 rings (SSSR count). The molecule has 0 saturated heterocycles. The van der Waals surface area contributed by atoms with Crippen LogP contribution in [-0.2, 0) is 13.5 Å². The number of hydrogen-bond donors (Lipinski definition) is 0. The predicted molar refractivity (Wildman–Crippen MR) is 80.8 cm³/mol. The van der Waals surface area contributed by atoms with Gasteiger partial charge in [-0.2, -0.15) is 5.10 Å². The van der Waals surface area contributed by atoms with E-state index in [0.29, 0.717) is 5.92 Å². The molecular formula is C14H16BrN5. The largest absolute Gasteiger partial charge is 0.304 e. The van der Waals surface area contributed by atoms with E-state index in [1.165, 1.54) is 0 Å². The molecule has 0 saturated carbocycles. The summed E-state index contributed by atoms with van der Waals surface area (Å²) in [7, 11) is 1.91. The van der Waals surface area contributed by atoms with Gasteiger partial charge in [0.1, 0.15) is 4.60 Å². The van der Waals surface area contributed by atoms with E-state index in [0.717, 1.165) is 33.6 Å². The molecule has 3 aromatic rings. The van der Waals surface area contributed by atoms with Crippen molar-refractivity contribution in [2.24, 2.45) is 7.05 Å². The molecule has 0 aliphatic rings. The van der Waals surface area contributed by atoms with Gasteiger partial charge in [0.05, 0.1) is 17.6 Å². The second-order valence-electron chi connectivity index (χ2n) is 5.26. The Morgan fingerprint density at radius 1 is 1.25 bits per heavy atom. The molecule has 6 heteroatoms. The maximum Gasteiger partial charge on any atom is 0.155 e. The first-order valence-electron chi connectivity index (χ1n) is 6.54. The van der Waals surface area contributed by atoms with Crippen LogP contribution in [0.3, 0.4) is 0 Å². The molecule has 5 nitrogen and oxygen atoms in total. The van der Waals surface area contributed by atoms with E-state index in [4.69, 9.17) is 0 Å². The summed E-state index contributed by atoms with van der Waals surface area (Å²) >= 11 is 3.47. The van der Waals surface area contributed by atoms with Gasteiger partial charge in [-0.3, -0.25) is 9.67 Å². The summed E-state index contributed by atoms with van der Waals surface area (Å²) < 4.78 is 4.72. The van der Waals surface area contributed by atoms with Crippen LogP contribution in [0, 0.1) is 0 Å². The summed E-state index contributed by atoms with van der Waals surface area (Å²) in [5.74, 6) is 0.415. The Hall–Kier alpha value is -1.69. The predicted octanol–water partition coefficient (Wildman–Crippen LogP) is 2.94. The van der Waals surface area contributed by atoms with Crippen LogP contribution >= 0.6 is 15.9 Å². The van der Waals surface area contributed by atoms with E-state index < -0.39 is 0 Å². The first kappa shape index (κ1) is 13.3. The fraction of sp³-hybridized carbons (Fsp3) is 0.357. The zero-order valence-corrected chi connectivity index (χ0v) is 13.3. The van der Waals surface area contributed by atoms with Crippen molar-refractivity contribution in [3.05, 3.63) is 46.3 Å². The summed E-state index contributed by atoms with van der Waals surface area (Å²) in [6.07, 6.45) is 8.70. The molecular weight excluding hydrogens is 318 g/mol. The molecule has 0 spiro atoms. The first-order valence-corrected chi connectivity index (χ1v) is 7.34. The normalized spacial score (nSPS) is 11.7. The van der Waals surface area contributed by atoms with Crippen molar-refractivity contribution < 1.29 is 0 Å². The molecule has 0 atom stereocenters.